The molecular formula is C13H16N2O2. The van der Waals surface area contributed by atoms with Gasteiger partial charge in [-0.15, -0.1) is 0 Å². The van der Waals surface area contributed by atoms with Gasteiger partial charge in [-0.25, -0.2) is 0 Å². The highest BCUT2D eigenvalue weighted by Gasteiger charge is 2.18. The van der Waals surface area contributed by atoms with E-state index in [9.17, 15) is 5.11 Å². The molecule has 0 amide bonds. The minimum Gasteiger partial charge on any atom is -0.504 e. The molecule has 3 rings (SSSR count). The summed E-state index contributed by atoms with van der Waals surface area (Å²) in [6, 6.07) is 5.42. The molecule has 0 spiro atoms. The number of benzene rings is 1. The average Bonchev–Trinajstić information content (AvgIpc) is 2.76. The van der Waals surface area contributed by atoms with Crippen molar-refractivity contribution in [3.8, 4) is 5.75 Å². The van der Waals surface area contributed by atoms with Crippen molar-refractivity contribution >= 4 is 11.0 Å². The van der Waals surface area contributed by atoms with Gasteiger partial charge < -0.3 is 14.9 Å². The number of rotatable bonds is 2. The number of nitrogens with zero attached hydrogens (tertiary/aromatic N) is 1. The number of phenolic OH excluding ortho intramolecular Hbond substituents is 1. The largest absolute Gasteiger partial charge is 0.504 e. The predicted octanol–water partition coefficient (Wildman–Crippen LogP) is 2.08. The summed E-state index contributed by atoms with van der Waals surface area (Å²) in [5.41, 5.74) is 1.49. The molecule has 0 radical (unpaired) electrons. The van der Waals surface area contributed by atoms with Gasteiger partial charge in [-0.05, 0) is 50.4 Å². The van der Waals surface area contributed by atoms with E-state index in [1.165, 1.54) is 12.8 Å². The van der Waals surface area contributed by atoms with Gasteiger partial charge in [0.15, 0.2) is 5.75 Å². The predicted molar refractivity (Wildman–Crippen MR) is 65.0 cm³/mol. The van der Waals surface area contributed by atoms with Crippen LogP contribution in [-0.2, 0) is 6.42 Å². The first-order valence-corrected chi connectivity index (χ1v) is 6.11. The Bertz CT molecular complexity index is 515. The van der Waals surface area contributed by atoms with Gasteiger partial charge in [0.05, 0.1) is 5.69 Å². The molecule has 1 aromatic carbocycles. The summed E-state index contributed by atoms with van der Waals surface area (Å²) in [4.78, 5) is 0. The second-order valence-electron chi connectivity index (χ2n) is 4.68. The second-order valence-corrected chi connectivity index (χ2v) is 4.68. The van der Waals surface area contributed by atoms with Crippen molar-refractivity contribution in [1.82, 2.24) is 10.5 Å². The van der Waals surface area contributed by atoms with Gasteiger partial charge in [0.25, 0.3) is 0 Å². The summed E-state index contributed by atoms with van der Waals surface area (Å²) >= 11 is 0. The molecule has 2 N–H and O–H groups in total. The van der Waals surface area contributed by atoms with E-state index in [-0.39, 0.29) is 5.75 Å². The number of hydrogen-bond acceptors (Lipinski definition) is 4. The topological polar surface area (TPSA) is 58.3 Å². The van der Waals surface area contributed by atoms with E-state index in [2.05, 4.69) is 10.5 Å². The summed E-state index contributed by atoms with van der Waals surface area (Å²) in [5.74, 6) is 0.846. The molecular weight excluding hydrogens is 216 g/mol. The van der Waals surface area contributed by atoms with Gasteiger partial charge in [0, 0.05) is 5.39 Å². The molecule has 90 valence electrons. The van der Waals surface area contributed by atoms with Gasteiger partial charge in [-0.1, -0.05) is 11.2 Å². The number of hydrogen-bond donors (Lipinski definition) is 2. The lowest BCUT2D eigenvalue weighted by Gasteiger charge is -2.21. The van der Waals surface area contributed by atoms with E-state index in [0.29, 0.717) is 11.5 Å². The fourth-order valence-corrected chi connectivity index (χ4v) is 2.50. The van der Waals surface area contributed by atoms with E-state index in [0.717, 1.165) is 30.6 Å². The summed E-state index contributed by atoms with van der Waals surface area (Å²) in [5, 5.41) is 18.0. The third-order valence-electron chi connectivity index (χ3n) is 3.49. The van der Waals surface area contributed by atoms with Gasteiger partial charge in [0.1, 0.15) is 0 Å². The fourth-order valence-electron chi connectivity index (χ4n) is 2.50. The SMILES string of the molecule is Oc1cccc2c(CC3CCNCC3)noc12. The average molecular weight is 232 g/mol. The number of phenols is 1. The third kappa shape index (κ3) is 2.00. The molecule has 1 fully saturated rings. The van der Waals surface area contributed by atoms with Crippen molar-refractivity contribution in [2.24, 2.45) is 5.92 Å². The smallest absolute Gasteiger partial charge is 0.208 e. The number of fused-ring (bicyclic) bond motifs is 1. The number of nitrogens with one attached hydrogen (secondary N) is 1. The minimum atomic E-state index is 0.173. The van der Waals surface area contributed by atoms with Gasteiger partial charge >= 0.3 is 0 Å². The molecule has 4 heteroatoms. The van der Waals surface area contributed by atoms with Crippen molar-refractivity contribution in [2.75, 3.05) is 13.1 Å². The van der Waals surface area contributed by atoms with E-state index in [4.69, 9.17) is 4.52 Å². The van der Waals surface area contributed by atoms with Crippen LogP contribution in [-0.4, -0.2) is 23.4 Å². The van der Waals surface area contributed by atoms with Crippen LogP contribution in [0.15, 0.2) is 22.7 Å². The Kier molecular flexibility index (Phi) is 2.73. The lowest BCUT2D eigenvalue weighted by molar-refractivity contribution is 0.359. The molecule has 2 aromatic rings. The Balaban J connectivity index is 1.87. The quantitative estimate of drug-likeness (QED) is 0.832. The van der Waals surface area contributed by atoms with Crippen LogP contribution in [0.25, 0.3) is 11.0 Å². The Morgan fingerprint density at radius 2 is 2.18 bits per heavy atom. The molecule has 1 aliphatic heterocycles. The van der Waals surface area contributed by atoms with Gasteiger partial charge in [-0.2, -0.15) is 0 Å². The molecule has 17 heavy (non-hydrogen) atoms. The molecule has 0 bridgehead atoms. The fraction of sp³-hybridized carbons (Fsp3) is 0.462. The zero-order valence-electron chi connectivity index (χ0n) is 9.65. The molecule has 2 heterocycles. The maximum absolute atomic E-state index is 9.65. The Morgan fingerprint density at radius 1 is 1.35 bits per heavy atom. The summed E-state index contributed by atoms with van der Waals surface area (Å²) in [6.07, 6.45) is 3.32. The Hall–Kier alpha value is -1.55. The van der Waals surface area contributed by atoms with Gasteiger partial charge in [-0.3, -0.25) is 0 Å². The molecule has 0 unspecified atom stereocenters. The van der Waals surface area contributed by atoms with Crippen LogP contribution in [0.1, 0.15) is 18.5 Å². The van der Waals surface area contributed by atoms with Crippen molar-refractivity contribution < 1.29 is 9.63 Å². The highest BCUT2D eigenvalue weighted by molar-refractivity contribution is 5.84. The lowest BCUT2D eigenvalue weighted by atomic mass is 9.92. The third-order valence-corrected chi connectivity index (χ3v) is 3.49. The zero-order chi connectivity index (χ0) is 11.7. The summed E-state index contributed by atoms with van der Waals surface area (Å²) in [6.45, 7) is 2.18. The van der Waals surface area contributed by atoms with E-state index in [1.54, 1.807) is 6.07 Å². The molecule has 1 saturated heterocycles. The normalized spacial score (nSPS) is 17.6. The molecule has 0 aliphatic carbocycles. The van der Waals surface area contributed by atoms with Crippen LogP contribution in [0.4, 0.5) is 0 Å². The van der Waals surface area contributed by atoms with Crippen molar-refractivity contribution in [3.05, 3.63) is 23.9 Å². The van der Waals surface area contributed by atoms with Crippen LogP contribution < -0.4 is 5.32 Å². The zero-order valence-corrected chi connectivity index (χ0v) is 9.65. The monoisotopic (exact) mass is 232 g/mol. The van der Waals surface area contributed by atoms with E-state index >= 15 is 0 Å². The molecule has 1 aromatic heterocycles. The second kappa shape index (κ2) is 4.37. The summed E-state index contributed by atoms with van der Waals surface area (Å²) in [7, 11) is 0. The van der Waals surface area contributed by atoms with Crippen LogP contribution in [0, 0.1) is 5.92 Å². The highest BCUT2D eigenvalue weighted by atomic mass is 16.5. The van der Waals surface area contributed by atoms with E-state index in [1.807, 2.05) is 12.1 Å². The Morgan fingerprint density at radius 3 is 3.00 bits per heavy atom. The molecule has 1 aliphatic rings. The highest BCUT2D eigenvalue weighted by Crippen LogP contribution is 2.29. The molecule has 0 atom stereocenters. The van der Waals surface area contributed by atoms with Crippen molar-refractivity contribution in [2.45, 2.75) is 19.3 Å². The van der Waals surface area contributed by atoms with E-state index < -0.39 is 0 Å². The first kappa shape index (κ1) is 10.6. The first-order valence-electron chi connectivity index (χ1n) is 6.11. The van der Waals surface area contributed by atoms with Crippen LogP contribution in [0.3, 0.4) is 0 Å². The van der Waals surface area contributed by atoms with Crippen LogP contribution in [0.2, 0.25) is 0 Å². The number of aromatic hydroxyl groups is 1. The molecule has 0 saturated carbocycles. The molecule has 4 nitrogen and oxygen atoms in total. The Labute approximate surface area is 99.6 Å². The first-order chi connectivity index (χ1) is 8.34. The lowest BCUT2D eigenvalue weighted by Crippen LogP contribution is -2.28. The minimum absolute atomic E-state index is 0.173. The van der Waals surface area contributed by atoms with Crippen molar-refractivity contribution in [1.29, 1.82) is 0 Å². The van der Waals surface area contributed by atoms with Crippen LogP contribution in [0.5, 0.6) is 5.75 Å². The van der Waals surface area contributed by atoms with Crippen LogP contribution >= 0.6 is 0 Å². The number of para-hydroxylation sites is 1. The van der Waals surface area contributed by atoms with Crippen molar-refractivity contribution in [3.63, 3.8) is 0 Å². The maximum atomic E-state index is 9.65. The maximum Gasteiger partial charge on any atom is 0.208 e. The standard InChI is InChI=1S/C13H16N2O2/c16-12-3-1-2-10-11(15-17-13(10)12)8-9-4-6-14-7-5-9/h1-3,9,14,16H,4-8H2. The number of piperidine rings is 1. The number of aromatic nitrogens is 1. The summed E-state index contributed by atoms with van der Waals surface area (Å²) < 4.78 is 5.21. The van der Waals surface area contributed by atoms with Gasteiger partial charge in [0.2, 0.25) is 5.58 Å².